The summed E-state index contributed by atoms with van der Waals surface area (Å²) in [6.07, 6.45) is 2.72. The Bertz CT molecular complexity index is 601. The molecule has 1 amide bonds. The van der Waals surface area contributed by atoms with E-state index in [0.29, 0.717) is 24.6 Å². The Morgan fingerprint density at radius 3 is 2.50 bits per heavy atom. The Morgan fingerprint density at radius 2 is 1.86 bits per heavy atom. The molecule has 22 heavy (non-hydrogen) atoms. The van der Waals surface area contributed by atoms with Crippen LogP contribution >= 0.6 is 0 Å². The fraction of sp³-hybridized carbons (Fsp3) is 0.471. The molecule has 0 saturated carbocycles. The van der Waals surface area contributed by atoms with Crippen LogP contribution in [0.15, 0.2) is 28.7 Å². The fourth-order valence-electron chi connectivity index (χ4n) is 2.18. The minimum absolute atomic E-state index is 0.0313. The number of rotatable bonds is 7. The average Bonchev–Trinajstić information content (AvgIpc) is 3.00. The number of carbonyl (C=O) groups is 1. The van der Waals surface area contributed by atoms with Gasteiger partial charge >= 0.3 is 0 Å². The van der Waals surface area contributed by atoms with Crippen LogP contribution in [-0.4, -0.2) is 22.1 Å². The summed E-state index contributed by atoms with van der Waals surface area (Å²) < 4.78 is 5.62. The van der Waals surface area contributed by atoms with Crippen molar-refractivity contribution in [1.82, 2.24) is 15.5 Å². The van der Waals surface area contributed by atoms with E-state index in [9.17, 15) is 4.79 Å². The standard InChI is InChI=1S/C17H23N3O2/c1-4-14(5-2)18-15(21)10-11-16-19-20-17(22-16)13-8-6-12(3)7-9-13/h6-9,14H,4-5,10-11H2,1-3H3,(H,18,21). The first-order valence-electron chi connectivity index (χ1n) is 7.81. The van der Waals surface area contributed by atoms with Gasteiger partial charge in [-0.15, -0.1) is 10.2 Å². The Morgan fingerprint density at radius 1 is 1.18 bits per heavy atom. The SMILES string of the molecule is CCC(CC)NC(=O)CCc1nnc(-c2ccc(C)cc2)o1. The third-order valence-corrected chi connectivity index (χ3v) is 3.68. The summed E-state index contributed by atoms with van der Waals surface area (Å²) in [5, 5.41) is 11.1. The molecule has 1 heterocycles. The van der Waals surface area contributed by atoms with Crippen molar-refractivity contribution in [3.63, 3.8) is 0 Å². The number of nitrogens with one attached hydrogen (secondary N) is 1. The number of nitrogens with zero attached hydrogens (tertiary/aromatic N) is 2. The van der Waals surface area contributed by atoms with Crippen LogP contribution in [-0.2, 0) is 11.2 Å². The molecular formula is C17H23N3O2. The molecule has 2 rings (SSSR count). The molecule has 1 aromatic carbocycles. The van der Waals surface area contributed by atoms with Crippen molar-refractivity contribution < 1.29 is 9.21 Å². The third kappa shape index (κ3) is 4.41. The van der Waals surface area contributed by atoms with Crippen molar-refractivity contribution in [1.29, 1.82) is 0 Å². The van der Waals surface area contributed by atoms with Gasteiger partial charge in [0, 0.05) is 24.4 Å². The van der Waals surface area contributed by atoms with Gasteiger partial charge < -0.3 is 9.73 Å². The maximum absolute atomic E-state index is 11.9. The van der Waals surface area contributed by atoms with Crippen molar-refractivity contribution in [2.24, 2.45) is 0 Å². The topological polar surface area (TPSA) is 68.0 Å². The van der Waals surface area contributed by atoms with Crippen LogP contribution < -0.4 is 5.32 Å². The lowest BCUT2D eigenvalue weighted by Gasteiger charge is -2.13. The fourth-order valence-corrected chi connectivity index (χ4v) is 2.18. The number of aromatic nitrogens is 2. The lowest BCUT2D eigenvalue weighted by Crippen LogP contribution is -2.33. The van der Waals surface area contributed by atoms with Crippen LogP contribution in [0.2, 0.25) is 0 Å². The van der Waals surface area contributed by atoms with Crippen molar-refractivity contribution >= 4 is 5.91 Å². The highest BCUT2D eigenvalue weighted by molar-refractivity contribution is 5.76. The minimum Gasteiger partial charge on any atom is -0.421 e. The predicted molar refractivity (Wildman–Crippen MR) is 85.3 cm³/mol. The summed E-state index contributed by atoms with van der Waals surface area (Å²) in [5.74, 6) is 1.02. The molecule has 0 saturated heterocycles. The molecule has 5 heteroatoms. The van der Waals surface area contributed by atoms with Crippen LogP contribution in [0.25, 0.3) is 11.5 Å². The summed E-state index contributed by atoms with van der Waals surface area (Å²) in [6.45, 7) is 6.17. The first-order valence-corrected chi connectivity index (χ1v) is 7.81. The van der Waals surface area contributed by atoms with Gasteiger partial charge in [-0.25, -0.2) is 0 Å². The second-order valence-corrected chi connectivity index (χ2v) is 5.45. The van der Waals surface area contributed by atoms with E-state index < -0.39 is 0 Å². The number of amides is 1. The van der Waals surface area contributed by atoms with Gasteiger partial charge in [0.1, 0.15) is 0 Å². The summed E-state index contributed by atoms with van der Waals surface area (Å²) >= 11 is 0. The van der Waals surface area contributed by atoms with Crippen LogP contribution in [0.3, 0.4) is 0 Å². The molecule has 0 aliphatic carbocycles. The maximum atomic E-state index is 11.9. The van der Waals surface area contributed by atoms with E-state index in [1.807, 2.05) is 31.2 Å². The molecule has 0 aliphatic rings. The van der Waals surface area contributed by atoms with Gasteiger partial charge in [-0.2, -0.15) is 0 Å². The zero-order chi connectivity index (χ0) is 15.9. The minimum atomic E-state index is 0.0313. The van der Waals surface area contributed by atoms with Gasteiger partial charge in [-0.3, -0.25) is 4.79 Å². The molecule has 5 nitrogen and oxygen atoms in total. The third-order valence-electron chi connectivity index (χ3n) is 3.68. The number of hydrogen-bond donors (Lipinski definition) is 1. The molecule has 0 aliphatic heterocycles. The predicted octanol–water partition coefficient (Wildman–Crippen LogP) is 3.28. The lowest BCUT2D eigenvalue weighted by molar-refractivity contribution is -0.121. The maximum Gasteiger partial charge on any atom is 0.247 e. The van der Waals surface area contributed by atoms with Gasteiger partial charge in [-0.05, 0) is 31.9 Å². The van der Waals surface area contributed by atoms with Gasteiger partial charge in [0.2, 0.25) is 17.7 Å². The van der Waals surface area contributed by atoms with E-state index >= 15 is 0 Å². The molecule has 118 valence electrons. The zero-order valence-electron chi connectivity index (χ0n) is 13.4. The zero-order valence-corrected chi connectivity index (χ0v) is 13.4. The van der Waals surface area contributed by atoms with E-state index in [-0.39, 0.29) is 11.9 Å². The molecular weight excluding hydrogens is 278 g/mol. The van der Waals surface area contributed by atoms with E-state index in [0.717, 1.165) is 18.4 Å². The van der Waals surface area contributed by atoms with Gasteiger partial charge in [0.15, 0.2) is 0 Å². The average molecular weight is 301 g/mol. The van der Waals surface area contributed by atoms with E-state index in [1.54, 1.807) is 0 Å². The Labute approximate surface area is 131 Å². The monoisotopic (exact) mass is 301 g/mol. The highest BCUT2D eigenvalue weighted by Crippen LogP contribution is 2.18. The van der Waals surface area contributed by atoms with E-state index in [1.165, 1.54) is 5.56 Å². The summed E-state index contributed by atoms with van der Waals surface area (Å²) in [4.78, 5) is 11.9. The summed E-state index contributed by atoms with van der Waals surface area (Å²) in [6, 6.07) is 8.15. The van der Waals surface area contributed by atoms with Crippen LogP contribution in [0.5, 0.6) is 0 Å². The lowest BCUT2D eigenvalue weighted by atomic mass is 10.1. The smallest absolute Gasteiger partial charge is 0.247 e. The van der Waals surface area contributed by atoms with Gasteiger partial charge in [0.05, 0.1) is 0 Å². The molecule has 1 aromatic heterocycles. The van der Waals surface area contributed by atoms with Crippen molar-refractivity contribution in [2.75, 3.05) is 0 Å². The summed E-state index contributed by atoms with van der Waals surface area (Å²) in [5.41, 5.74) is 2.08. The molecule has 1 N–H and O–H groups in total. The van der Waals surface area contributed by atoms with Gasteiger partial charge in [-0.1, -0.05) is 31.5 Å². The molecule has 0 radical (unpaired) electrons. The quantitative estimate of drug-likeness (QED) is 0.852. The Hall–Kier alpha value is -2.17. The number of hydrogen-bond acceptors (Lipinski definition) is 4. The van der Waals surface area contributed by atoms with Crippen LogP contribution in [0.4, 0.5) is 0 Å². The van der Waals surface area contributed by atoms with Gasteiger partial charge in [0.25, 0.3) is 0 Å². The molecule has 2 aromatic rings. The number of carbonyl (C=O) groups excluding carboxylic acids is 1. The second-order valence-electron chi connectivity index (χ2n) is 5.45. The van der Waals surface area contributed by atoms with Crippen LogP contribution in [0.1, 0.15) is 44.6 Å². The highest BCUT2D eigenvalue weighted by Gasteiger charge is 2.12. The first kappa shape index (κ1) is 16.2. The number of benzene rings is 1. The van der Waals surface area contributed by atoms with Crippen molar-refractivity contribution in [3.05, 3.63) is 35.7 Å². The molecule has 0 fully saturated rings. The van der Waals surface area contributed by atoms with Crippen LogP contribution in [0, 0.1) is 6.92 Å². The molecule has 0 atom stereocenters. The van der Waals surface area contributed by atoms with E-state index in [2.05, 4.69) is 29.4 Å². The summed E-state index contributed by atoms with van der Waals surface area (Å²) in [7, 11) is 0. The molecule has 0 spiro atoms. The van der Waals surface area contributed by atoms with Crippen molar-refractivity contribution in [2.45, 2.75) is 52.5 Å². The number of aryl methyl sites for hydroxylation is 2. The largest absolute Gasteiger partial charge is 0.421 e. The Kier molecular flexibility index (Phi) is 5.69. The van der Waals surface area contributed by atoms with E-state index in [4.69, 9.17) is 4.42 Å². The second kappa shape index (κ2) is 7.73. The molecule has 0 bridgehead atoms. The first-order chi connectivity index (χ1) is 10.6. The molecule has 0 unspecified atom stereocenters. The Balaban J connectivity index is 1.89. The van der Waals surface area contributed by atoms with Crippen molar-refractivity contribution in [3.8, 4) is 11.5 Å². The highest BCUT2D eigenvalue weighted by atomic mass is 16.4. The normalized spacial score (nSPS) is 10.9.